The summed E-state index contributed by atoms with van der Waals surface area (Å²) in [6.45, 7) is 4.10. The fourth-order valence-electron chi connectivity index (χ4n) is 3.29. The van der Waals surface area contributed by atoms with Gasteiger partial charge in [0.05, 0.1) is 6.61 Å². The molecule has 24 heavy (non-hydrogen) atoms. The zero-order valence-corrected chi connectivity index (χ0v) is 13.6. The molecular formula is C18H20O6. The molecule has 6 heteroatoms. The summed E-state index contributed by atoms with van der Waals surface area (Å²) >= 11 is 0. The minimum absolute atomic E-state index is 0.360. The molecule has 0 radical (unpaired) electrons. The normalized spacial score (nSPS) is 36.8. The second kappa shape index (κ2) is 5.97. The molecule has 0 aliphatic carbocycles. The summed E-state index contributed by atoms with van der Waals surface area (Å²) in [5, 5.41) is 0. The molecule has 0 unspecified atom stereocenters. The number of hydrogen-bond donors (Lipinski definition) is 0. The Morgan fingerprint density at radius 1 is 1.12 bits per heavy atom. The van der Waals surface area contributed by atoms with Crippen LogP contribution < -0.4 is 0 Å². The predicted octanol–water partition coefficient (Wildman–Crippen LogP) is 1.93. The zero-order valence-electron chi connectivity index (χ0n) is 13.6. The predicted molar refractivity (Wildman–Crippen MR) is 82.7 cm³/mol. The third-order valence-corrected chi connectivity index (χ3v) is 4.31. The van der Waals surface area contributed by atoms with Gasteiger partial charge in [-0.25, -0.2) is 4.79 Å². The average molecular weight is 332 g/mol. The monoisotopic (exact) mass is 332 g/mol. The van der Waals surface area contributed by atoms with E-state index in [0.717, 1.165) is 5.56 Å². The van der Waals surface area contributed by atoms with Crippen molar-refractivity contribution < 1.29 is 28.5 Å². The van der Waals surface area contributed by atoms with Gasteiger partial charge in [0.1, 0.15) is 24.4 Å². The van der Waals surface area contributed by atoms with E-state index in [1.54, 1.807) is 6.08 Å². The van der Waals surface area contributed by atoms with Crippen LogP contribution in [0.3, 0.4) is 0 Å². The number of cyclic esters (lactones) is 1. The quantitative estimate of drug-likeness (QED) is 0.785. The maximum Gasteiger partial charge on any atom is 0.331 e. The molecule has 0 spiro atoms. The Morgan fingerprint density at radius 3 is 2.62 bits per heavy atom. The van der Waals surface area contributed by atoms with Crippen LogP contribution in [0.25, 0.3) is 0 Å². The van der Waals surface area contributed by atoms with E-state index in [1.165, 1.54) is 6.08 Å². The molecule has 2 fully saturated rings. The van der Waals surface area contributed by atoms with E-state index in [-0.39, 0.29) is 12.1 Å². The SMILES string of the molecule is CC1(C)O[C@H]2O[C@H]([C@H]3C=CC(=O)O3)[C@H](OCc3ccccc3)[C@H]2O1. The van der Waals surface area contributed by atoms with Crippen molar-refractivity contribution in [2.24, 2.45) is 0 Å². The largest absolute Gasteiger partial charge is 0.452 e. The van der Waals surface area contributed by atoms with Crippen molar-refractivity contribution in [3.63, 3.8) is 0 Å². The third-order valence-electron chi connectivity index (χ3n) is 4.31. The third kappa shape index (κ3) is 2.98. The number of carbonyl (C=O) groups excluding carboxylic acids is 1. The second-order valence-corrected chi connectivity index (χ2v) is 6.59. The zero-order chi connectivity index (χ0) is 16.7. The second-order valence-electron chi connectivity index (χ2n) is 6.59. The van der Waals surface area contributed by atoms with Gasteiger partial charge in [-0.2, -0.15) is 0 Å². The summed E-state index contributed by atoms with van der Waals surface area (Å²) in [4.78, 5) is 11.4. The van der Waals surface area contributed by atoms with Gasteiger partial charge in [-0.05, 0) is 25.5 Å². The van der Waals surface area contributed by atoms with Crippen LogP contribution >= 0.6 is 0 Å². The highest BCUT2D eigenvalue weighted by Gasteiger charge is 2.57. The fourth-order valence-corrected chi connectivity index (χ4v) is 3.29. The van der Waals surface area contributed by atoms with Gasteiger partial charge in [-0.3, -0.25) is 0 Å². The van der Waals surface area contributed by atoms with E-state index in [2.05, 4.69) is 0 Å². The van der Waals surface area contributed by atoms with Crippen molar-refractivity contribution in [2.45, 2.75) is 56.9 Å². The van der Waals surface area contributed by atoms with Crippen molar-refractivity contribution in [1.29, 1.82) is 0 Å². The summed E-state index contributed by atoms with van der Waals surface area (Å²) in [7, 11) is 0. The molecule has 3 heterocycles. The number of fused-ring (bicyclic) bond motifs is 1. The maximum atomic E-state index is 11.4. The Bertz CT molecular complexity index is 640. The molecule has 0 aromatic heterocycles. The number of carbonyl (C=O) groups is 1. The molecule has 6 nitrogen and oxygen atoms in total. The molecule has 3 aliphatic heterocycles. The highest BCUT2D eigenvalue weighted by Crippen LogP contribution is 2.41. The van der Waals surface area contributed by atoms with Gasteiger partial charge in [0.15, 0.2) is 12.1 Å². The van der Waals surface area contributed by atoms with Crippen molar-refractivity contribution in [1.82, 2.24) is 0 Å². The van der Waals surface area contributed by atoms with Crippen molar-refractivity contribution in [3.8, 4) is 0 Å². The minimum Gasteiger partial charge on any atom is -0.452 e. The highest BCUT2D eigenvalue weighted by atomic mass is 16.8. The number of hydrogen-bond acceptors (Lipinski definition) is 6. The van der Waals surface area contributed by atoms with Gasteiger partial charge in [0.2, 0.25) is 0 Å². The van der Waals surface area contributed by atoms with Crippen LogP contribution in [0.15, 0.2) is 42.5 Å². The molecule has 0 amide bonds. The molecule has 2 saturated heterocycles. The first kappa shape index (κ1) is 15.8. The fraction of sp³-hybridized carbons (Fsp3) is 0.500. The summed E-state index contributed by atoms with van der Waals surface area (Å²) < 4.78 is 29.1. The standard InChI is InChI=1S/C18H20O6/c1-18(2)23-16-15(20-10-11-6-4-3-5-7-11)14(22-17(16)24-18)12-8-9-13(19)21-12/h3-9,12,14-17H,10H2,1-2H3/t12-,14-,15+,16-,17-/m1/s1. The van der Waals surface area contributed by atoms with Gasteiger partial charge in [0, 0.05) is 6.08 Å². The van der Waals surface area contributed by atoms with Crippen molar-refractivity contribution in [2.75, 3.05) is 0 Å². The molecule has 128 valence electrons. The minimum atomic E-state index is -0.725. The molecule has 3 aliphatic rings. The molecule has 1 aromatic rings. The van der Waals surface area contributed by atoms with Gasteiger partial charge in [0.25, 0.3) is 0 Å². The molecule has 0 saturated carbocycles. The van der Waals surface area contributed by atoms with Gasteiger partial charge in [-0.15, -0.1) is 0 Å². The van der Waals surface area contributed by atoms with Crippen LogP contribution in [0.1, 0.15) is 19.4 Å². The Labute approximate surface area is 140 Å². The first-order valence-electron chi connectivity index (χ1n) is 8.07. The van der Waals surface area contributed by atoms with E-state index in [1.807, 2.05) is 44.2 Å². The summed E-state index contributed by atoms with van der Waals surface area (Å²) in [6, 6.07) is 9.87. The van der Waals surface area contributed by atoms with E-state index in [9.17, 15) is 4.79 Å². The Balaban J connectivity index is 1.51. The Hall–Kier alpha value is -1.73. The van der Waals surface area contributed by atoms with Crippen LogP contribution in [0.4, 0.5) is 0 Å². The van der Waals surface area contributed by atoms with Gasteiger partial charge >= 0.3 is 5.97 Å². The average Bonchev–Trinajstić information content (AvgIpc) is 3.18. The van der Waals surface area contributed by atoms with Crippen LogP contribution in [0.5, 0.6) is 0 Å². The van der Waals surface area contributed by atoms with E-state index in [4.69, 9.17) is 23.7 Å². The van der Waals surface area contributed by atoms with Crippen LogP contribution in [0.2, 0.25) is 0 Å². The van der Waals surface area contributed by atoms with Gasteiger partial charge < -0.3 is 23.7 Å². The first-order chi connectivity index (χ1) is 11.5. The topological polar surface area (TPSA) is 63.2 Å². The van der Waals surface area contributed by atoms with Gasteiger partial charge in [-0.1, -0.05) is 30.3 Å². The van der Waals surface area contributed by atoms with E-state index < -0.39 is 30.4 Å². The lowest BCUT2D eigenvalue weighted by Gasteiger charge is -2.28. The number of ether oxygens (including phenoxy) is 5. The maximum absolute atomic E-state index is 11.4. The molecular weight excluding hydrogens is 312 g/mol. The van der Waals surface area contributed by atoms with E-state index in [0.29, 0.717) is 6.61 Å². The summed E-state index contributed by atoms with van der Waals surface area (Å²) in [6.07, 6.45) is 0.874. The number of esters is 1. The summed E-state index contributed by atoms with van der Waals surface area (Å²) in [5.74, 6) is -1.10. The highest BCUT2D eigenvalue weighted by molar-refractivity contribution is 5.84. The van der Waals surface area contributed by atoms with Crippen LogP contribution in [0, 0.1) is 0 Å². The van der Waals surface area contributed by atoms with E-state index >= 15 is 0 Å². The molecule has 0 N–H and O–H groups in total. The number of benzene rings is 1. The first-order valence-corrected chi connectivity index (χ1v) is 8.07. The van der Waals surface area contributed by atoms with Crippen molar-refractivity contribution >= 4 is 5.97 Å². The van der Waals surface area contributed by atoms with Crippen LogP contribution in [-0.2, 0) is 35.1 Å². The Kier molecular flexibility index (Phi) is 3.92. The Morgan fingerprint density at radius 2 is 1.92 bits per heavy atom. The molecule has 1 aromatic carbocycles. The molecule has 4 rings (SSSR count). The summed E-state index contributed by atoms with van der Waals surface area (Å²) in [5.41, 5.74) is 1.05. The lowest BCUT2D eigenvalue weighted by molar-refractivity contribution is -0.228. The van der Waals surface area contributed by atoms with Crippen LogP contribution in [-0.4, -0.2) is 42.5 Å². The smallest absolute Gasteiger partial charge is 0.331 e. The lowest BCUT2D eigenvalue weighted by Crippen LogP contribution is -2.42. The molecule has 0 bridgehead atoms. The van der Waals surface area contributed by atoms with Crippen molar-refractivity contribution in [3.05, 3.63) is 48.0 Å². The number of rotatable bonds is 4. The molecule has 5 atom stereocenters. The lowest BCUT2D eigenvalue weighted by atomic mass is 10.1.